The molecule has 2 N–H and O–H groups in total. The zero-order chi connectivity index (χ0) is 15.5. The van der Waals surface area contributed by atoms with Gasteiger partial charge in [-0.05, 0) is 23.8 Å². The van der Waals surface area contributed by atoms with Gasteiger partial charge in [-0.3, -0.25) is 20.4 Å². The molecular weight excluding hydrogens is 304 g/mol. The first kappa shape index (κ1) is 14.4. The van der Waals surface area contributed by atoms with Crippen LogP contribution in [0.1, 0.15) is 15.9 Å². The van der Waals surface area contributed by atoms with E-state index < -0.39 is 17.9 Å². The van der Waals surface area contributed by atoms with Crippen LogP contribution in [0.3, 0.4) is 0 Å². The van der Waals surface area contributed by atoms with Crippen molar-refractivity contribution < 1.29 is 14.3 Å². The van der Waals surface area contributed by atoms with Crippen molar-refractivity contribution >= 4 is 23.4 Å². The van der Waals surface area contributed by atoms with E-state index in [1.165, 1.54) is 0 Å². The lowest BCUT2D eigenvalue weighted by molar-refractivity contribution is -0.128. The summed E-state index contributed by atoms with van der Waals surface area (Å²) in [6.45, 7) is 0. The Morgan fingerprint density at radius 1 is 1.05 bits per heavy atom. The monoisotopic (exact) mass is 316 g/mol. The normalized spacial score (nSPS) is 15.6. The molecule has 6 heteroatoms. The fourth-order valence-corrected chi connectivity index (χ4v) is 2.46. The van der Waals surface area contributed by atoms with Crippen LogP contribution in [0.5, 0.6) is 5.75 Å². The molecule has 1 heterocycles. The topological polar surface area (TPSA) is 67.4 Å². The van der Waals surface area contributed by atoms with E-state index in [-0.39, 0.29) is 0 Å². The van der Waals surface area contributed by atoms with Gasteiger partial charge >= 0.3 is 0 Å². The highest BCUT2D eigenvalue weighted by Gasteiger charge is 2.29. The molecule has 0 fully saturated rings. The maximum atomic E-state index is 12.1. The molecule has 0 aromatic heterocycles. The van der Waals surface area contributed by atoms with Gasteiger partial charge in [0.05, 0.1) is 10.6 Å². The first-order valence-corrected chi connectivity index (χ1v) is 7.12. The Balaban J connectivity index is 1.58. The molecule has 0 saturated heterocycles. The molecule has 0 radical (unpaired) electrons. The molecule has 0 unspecified atom stereocenters. The number of para-hydroxylation sites is 1. The molecule has 1 aliphatic rings. The number of rotatable bonds is 2. The summed E-state index contributed by atoms with van der Waals surface area (Å²) in [4.78, 5) is 24.0. The number of benzene rings is 2. The number of amides is 2. The predicted molar refractivity (Wildman–Crippen MR) is 81.6 cm³/mol. The number of carbonyl (C=O) groups is 2. The summed E-state index contributed by atoms with van der Waals surface area (Å²) in [7, 11) is 0. The summed E-state index contributed by atoms with van der Waals surface area (Å²) in [5, 5.41) is 0.318. The van der Waals surface area contributed by atoms with Gasteiger partial charge in [0, 0.05) is 6.42 Å². The third-order valence-corrected chi connectivity index (χ3v) is 3.69. The van der Waals surface area contributed by atoms with Crippen LogP contribution in [0, 0.1) is 0 Å². The van der Waals surface area contributed by atoms with Gasteiger partial charge in [0.2, 0.25) is 0 Å². The van der Waals surface area contributed by atoms with Crippen molar-refractivity contribution in [2.24, 2.45) is 0 Å². The van der Waals surface area contributed by atoms with Gasteiger partial charge in [0.1, 0.15) is 5.75 Å². The first-order valence-electron chi connectivity index (χ1n) is 6.74. The number of fused-ring (bicyclic) bond motifs is 1. The van der Waals surface area contributed by atoms with Gasteiger partial charge in [-0.25, -0.2) is 0 Å². The summed E-state index contributed by atoms with van der Waals surface area (Å²) >= 11 is 5.92. The Hall–Kier alpha value is -2.53. The van der Waals surface area contributed by atoms with Crippen molar-refractivity contribution in [1.82, 2.24) is 10.9 Å². The van der Waals surface area contributed by atoms with E-state index in [9.17, 15) is 9.59 Å². The Morgan fingerprint density at radius 2 is 1.77 bits per heavy atom. The number of halogens is 1. The highest BCUT2D eigenvalue weighted by Crippen LogP contribution is 2.27. The van der Waals surface area contributed by atoms with Gasteiger partial charge < -0.3 is 4.74 Å². The summed E-state index contributed by atoms with van der Waals surface area (Å²) in [6, 6.07) is 14.1. The molecule has 1 aliphatic heterocycles. The fourth-order valence-electron chi connectivity index (χ4n) is 2.24. The lowest BCUT2D eigenvalue weighted by Gasteiger charge is -2.12. The van der Waals surface area contributed by atoms with Gasteiger partial charge in [0.15, 0.2) is 6.10 Å². The van der Waals surface area contributed by atoms with E-state index in [0.29, 0.717) is 22.8 Å². The Bertz CT molecular complexity index is 708. The zero-order valence-corrected chi connectivity index (χ0v) is 12.3. The van der Waals surface area contributed by atoms with Crippen molar-refractivity contribution in [2.75, 3.05) is 0 Å². The van der Waals surface area contributed by atoms with Crippen molar-refractivity contribution in [1.29, 1.82) is 0 Å². The van der Waals surface area contributed by atoms with E-state index in [0.717, 1.165) is 5.56 Å². The van der Waals surface area contributed by atoms with E-state index in [1.807, 2.05) is 24.3 Å². The molecule has 0 aliphatic carbocycles. The number of hydrogen-bond donors (Lipinski definition) is 2. The molecule has 0 spiro atoms. The van der Waals surface area contributed by atoms with Crippen LogP contribution in [0.15, 0.2) is 48.5 Å². The Labute approximate surface area is 132 Å². The first-order chi connectivity index (χ1) is 10.6. The molecule has 5 nitrogen and oxygen atoms in total. The second kappa shape index (κ2) is 6.07. The van der Waals surface area contributed by atoms with Crippen molar-refractivity contribution in [3.05, 3.63) is 64.7 Å². The standard InChI is InChI=1S/C16H13ClN2O3/c17-12-7-3-2-6-11(12)15(20)18-19-16(21)14-9-10-5-1-4-8-13(10)22-14/h1-8,14H,9H2,(H,18,20)(H,19,21)/t14-/m1/s1. The maximum absolute atomic E-state index is 12.1. The molecule has 2 aromatic rings. The van der Waals surface area contributed by atoms with Crippen LogP contribution in [-0.4, -0.2) is 17.9 Å². The highest BCUT2D eigenvalue weighted by molar-refractivity contribution is 6.33. The molecule has 1 atom stereocenters. The Morgan fingerprint density at radius 3 is 2.55 bits per heavy atom. The third-order valence-electron chi connectivity index (χ3n) is 3.36. The highest BCUT2D eigenvalue weighted by atomic mass is 35.5. The summed E-state index contributed by atoms with van der Waals surface area (Å²) < 4.78 is 5.54. The largest absolute Gasteiger partial charge is 0.480 e. The van der Waals surface area contributed by atoms with Crippen LogP contribution >= 0.6 is 11.6 Å². The minimum Gasteiger partial charge on any atom is -0.480 e. The SMILES string of the molecule is O=C(NNC(=O)[C@H]1Cc2ccccc2O1)c1ccccc1Cl. The van der Waals surface area contributed by atoms with Gasteiger partial charge in [-0.15, -0.1) is 0 Å². The van der Waals surface area contributed by atoms with E-state index >= 15 is 0 Å². The smallest absolute Gasteiger partial charge is 0.279 e. The molecule has 2 aromatic carbocycles. The lowest BCUT2D eigenvalue weighted by atomic mass is 10.1. The zero-order valence-electron chi connectivity index (χ0n) is 11.5. The average Bonchev–Trinajstić information content (AvgIpc) is 2.97. The van der Waals surface area contributed by atoms with Crippen LogP contribution in [0.2, 0.25) is 5.02 Å². The van der Waals surface area contributed by atoms with Crippen LogP contribution in [0.25, 0.3) is 0 Å². The minimum absolute atomic E-state index is 0.292. The number of hydrogen-bond acceptors (Lipinski definition) is 3. The van der Waals surface area contributed by atoms with E-state index in [4.69, 9.17) is 16.3 Å². The molecular formula is C16H13ClN2O3. The van der Waals surface area contributed by atoms with Crippen molar-refractivity contribution in [2.45, 2.75) is 12.5 Å². The van der Waals surface area contributed by atoms with Crippen LogP contribution in [-0.2, 0) is 11.2 Å². The molecule has 0 bridgehead atoms. The van der Waals surface area contributed by atoms with Gasteiger partial charge in [0.25, 0.3) is 11.8 Å². The van der Waals surface area contributed by atoms with Crippen LogP contribution < -0.4 is 15.6 Å². The fraction of sp³-hybridized carbons (Fsp3) is 0.125. The molecule has 22 heavy (non-hydrogen) atoms. The molecule has 2 amide bonds. The maximum Gasteiger partial charge on any atom is 0.279 e. The van der Waals surface area contributed by atoms with Crippen molar-refractivity contribution in [3.63, 3.8) is 0 Å². The average molecular weight is 317 g/mol. The summed E-state index contributed by atoms with van der Waals surface area (Å²) in [5.41, 5.74) is 5.97. The van der Waals surface area contributed by atoms with E-state index in [2.05, 4.69) is 10.9 Å². The number of hydrazine groups is 1. The number of ether oxygens (including phenoxy) is 1. The number of nitrogens with one attached hydrogen (secondary N) is 2. The van der Waals surface area contributed by atoms with Gasteiger partial charge in [-0.1, -0.05) is 41.9 Å². The van der Waals surface area contributed by atoms with Crippen molar-refractivity contribution in [3.8, 4) is 5.75 Å². The van der Waals surface area contributed by atoms with E-state index in [1.54, 1.807) is 24.3 Å². The quantitative estimate of drug-likeness (QED) is 0.834. The summed E-state index contributed by atoms with van der Waals surface area (Å²) in [5.74, 6) is -0.189. The lowest BCUT2D eigenvalue weighted by Crippen LogP contribution is -2.47. The third kappa shape index (κ3) is 2.89. The Kier molecular flexibility index (Phi) is 3.98. The van der Waals surface area contributed by atoms with Crippen LogP contribution in [0.4, 0.5) is 0 Å². The summed E-state index contributed by atoms with van der Waals surface area (Å²) in [6.07, 6.45) is -0.173. The molecule has 0 saturated carbocycles. The van der Waals surface area contributed by atoms with Gasteiger partial charge in [-0.2, -0.15) is 0 Å². The minimum atomic E-state index is -0.649. The molecule has 3 rings (SSSR count). The molecule has 112 valence electrons. The number of carbonyl (C=O) groups excluding carboxylic acids is 2. The second-order valence-electron chi connectivity index (χ2n) is 4.84. The second-order valence-corrected chi connectivity index (χ2v) is 5.25. The predicted octanol–water partition coefficient (Wildman–Crippen LogP) is 2.10.